The van der Waals surface area contributed by atoms with Crippen LogP contribution in [0.4, 0.5) is 16.2 Å². The molecule has 26 heavy (non-hydrogen) atoms. The van der Waals surface area contributed by atoms with Gasteiger partial charge < -0.3 is 21.1 Å². The molecule has 1 heterocycles. The molecule has 2 atom stereocenters. The number of carbonyl (C=O) groups is 2. The molecule has 1 aromatic rings. The summed E-state index contributed by atoms with van der Waals surface area (Å²) < 4.78 is 5.22. The van der Waals surface area contributed by atoms with Crippen molar-refractivity contribution in [1.82, 2.24) is 10.7 Å². The van der Waals surface area contributed by atoms with Gasteiger partial charge in [-0.15, -0.1) is 0 Å². The molecule has 2 amide bonds. The lowest BCUT2D eigenvalue weighted by Crippen LogP contribution is -2.41. The van der Waals surface area contributed by atoms with Gasteiger partial charge in [0, 0.05) is 17.9 Å². The Labute approximate surface area is 153 Å². The van der Waals surface area contributed by atoms with Crippen LogP contribution in [0.15, 0.2) is 23.3 Å². The SMILES string of the molecule is CC(NC(=O)OC(C)(C)C)Nc1ccc(C2=NNC(=O)CC2C)cc1N. The second-order valence-corrected chi connectivity index (χ2v) is 7.45. The van der Waals surface area contributed by atoms with Gasteiger partial charge in [0.05, 0.1) is 23.3 Å². The second kappa shape index (κ2) is 7.63. The molecule has 0 spiro atoms. The highest BCUT2D eigenvalue weighted by molar-refractivity contribution is 6.06. The molecular weight excluding hydrogens is 334 g/mol. The van der Waals surface area contributed by atoms with Gasteiger partial charge in [-0.1, -0.05) is 13.0 Å². The number of ether oxygens (including phenoxy) is 1. The molecule has 0 bridgehead atoms. The highest BCUT2D eigenvalue weighted by atomic mass is 16.6. The van der Waals surface area contributed by atoms with Crippen LogP contribution in [0.1, 0.15) is 46.6 Å². The van der Waals surface area contributed by atoms with E-state index in [2.05, 4.69) is 21.2 Å². The van der Waals surface area contributed by atoms with E-state index in [1.54, 1.807) is 33.8 Å². The summed E-state index contributed by atoms with van der Waals surface area (Å²) >= 11 is 0. The lowest BCUT2D eigenvalue weighted by atomic mass is 9.93. The molecule has 142 valence electrons. The fraction of sp³-hybridized carbons (Fsp3) is 0.500. The molecule has 1 aliphatic rings. The first kappa shape index (κ1) is 19.6. The smallest absolute Gasteiger partial charge is 0.409 e. The molecule has 0 aromatic heterocycles. The van der Waals surface area contributed by atoms with Crippen LogP contribution in [0.3, 0.4) is 0 Å². The van der Waals surface area contributed by atoms with Gasteiger partial charge in [0.15, 0.2) is 0 Å². The van der Waals surface area contributed by atoms with E-state index < -0.39 is 11.7 Å². The van der Waals surface area contributed by atoms with Crippen molar-refractivity contribution < 1.29 is 14.3 Å². The number of alkyl carbamates (subject to hydrolysis) is 1. The fourth-order valence-electron chi connectivity index (χ4n) is 2.61. The van der Waals surface area contributed by atoms with Crippen LogP contribution in [-0.2, 0) is 9.53 Å². The highest BCUT2D eigenvalue weighted by Gasteiger charge is 2.22. The van der Waals surface area contributed by atoms with Crippen LogP contribution in [0.25, 0.3) is 0 Å². The minimum Gasteiger partial charge on any atom is -0.444 e. The summed E-state index contributed by atoms with van der Waals surface area (Å²) in [6, 6.07) is 5.50. The Morgan fingerprint density at radius 2 is 2.12 bits per heavy atom. The fourth-order valence-corrected chi connectivity index (χ4v) is 2.61. The van der Waals surface area contributed by atoms with Crippen molar-refractivity contribution in [3.8, 4) is 0 Å². The Morgan fingerprint density at radius 3 is 2.69 bits per heavy atom. The molecule has 0 aliphatic carbocycles. The van der Waals surface area contributed by atoms with Crippen molar-refractivity contribution in [2.45, 2.75) is 52.8 Å². The van der Waals surface area contributed by atoms with Crippen LogP contribution in [-0.4, -0.2) is 29.5 Å². The van der Waals surface area contributed by atoms with Crippen LogP contribution < -0.4 is 21.8 Å². The zero-order chi connectivity index (χ0) is 19.5. The van der Waals surface area contributed by atoms with Crippen molar-refractivity contribution in [1.29, 1.82) is 0 Å². The number of nitrogen functional groups attached to an aromatic ring is 1. The Bertz CT molecular complexity index is 724. The Kier molecular flexibility index (Phi) is 5.74. The molecule has 0 radical (unpaired) electrons. The largest absolute Gasteiger partial charge is 0.444 e. The lowest BCUT2D eigenvalue weighted by Gasteiger charge is -2.24. The predicted octanol–water partition coefficient (Wildman–Crippen LogP) is 2.41. The van der Waals surface area contributed by atoms with Gasteiger partial charge in [0.25, 0.3) is 0 Å². The van der Waals surface area contributed by atoms with Gasteiger partial charge >= 0.3 is 6.09 Å². The molecule has 8 heteroatoms. The number of rotatable bonds is 4. The van der Waals surface area contributed by atoms with Gasteiger partial charge in [-0.3, -0.25) is 4.79 Å². The van der Waals surface area contributed by atoms with E-state index in [1.807, 2.05) is 19.1 Å². The van der Waals surface area contributed by atoms with Gasteiger partial charge in [0.2, 0.25) is 5.91 Å². The van der Waals surface area contributed by atoms with E-state index in [-0.39, 0.29) is 18.0 Å². The van der Waals surface area contributed by atoms with E-state index in [9.17, 15) is 9.59 Å². The van der Waals surface area contributed by atoms with E-state index in [4.69, 9.17) is 10.5 Å². The maximum Gasteiger partial charge on any atom is 0.409 e. The number of hydrazone groups is 1. The first-order chi connectivity index (χ1) is 12.0. The van der Waals surface area contributed by atoms with Crippen molar-refractivity contribution in [3.63, 3.8) is 0 Å². The van der Waals surface area contributed by atoms with Crippen molar-refractivity contribution in [3.05, 3.63) is 23.8 Å². The zero-order valence-electron chi connectivity index (χ0n) is 15.8. The van der Waals surface area contributed by atoms with Gasteiger partial charge in [-0.25, -0.2) is 10.2 Å². The van der Waals surface area contributed by atoms with E-state index in [0.29, 0.717) is 17.8 Å². The topological polar surface area (TPSA) is 118 Å². The molecule has 2 unspecified atom stereocenters. The zero-order valence-corrected chi connectivity index (χ0v) is 15.8. The molecular formula is C18H27N5O3. The summed E-state index contributed by atoms with van der Waals surface area (Å²) in [7, 11) is 0. The molecule has 1 aromatic carbocycles. The number of benzene rings is 1. The van der Waals surface area contributed by atoms with Crippen LogP contribution in [0, 0.1) is 5.92 Å². The third-order valence-corrected chi connectivity index (χ3v) is 3.71. The number of nitrogens with one attached hydrogen (secondary N) is 3. The number of hydrogen-bond donors (Lipinski definition) is 4. The third kappa shape index (κ3) is 5.37. The maximum atomic E-state index is 11.8. The monoisotopic (exact) mass is 361 g/mol. The van der Waals surface area contributed by atoms with E-state index in [0.717, 1.165) is 11.3 Å². The maximum absolute atomic E-state index is 11.8. The normalized spacial score (nSPS) is 18.4. The van der Waals surface area contributed by atoms with Crippen molar-refractivity contribution >= 4 is 29.1 Å². The molecule has 8 nitrogen and oxygen atoms in total. The number of hydrogen-bond acceptors (Lipinski definition) is 6. The molecule has 0 saturated heterocycles. The summed E-state index contributed by atoms with van der Waals surface area (Å²) in [6.07, 6.45) is -0.479. The Balaban J connectivity index is 2.03. The first-order valence-corrected chi connectivity index (χ1v) is 8.57. The molecule has 0 fully saturated rings. The summed E-state index contributed by atoms with van der Waals surface area (Å²) in [5.41, 5.74) is 10.9. The first-order valence-electron chi connectivity index (χ1n) is 8.57. The number of nitrogens with zero attached hydrogens (tertiary/aromatic N) is 1. The van der Waals surface area contributed by atoms with E-state index >= 15 is 0 Å². The predicted molar refractivity (Wildman–Crippen MR) is 102 cm³/mol. The molecule has 5 N–H and O–H groups in total. The molecule has 2 rings (SSSR count). The highest BCUT2D eigenvalue weighted by Crippen LogP contribution is 2.24. The number of carbonyl (C=O) groups excluding carboxylic acids is 2. The summed E-state index contributed by atoms with van der Waals surface area (Å²) in [6.45, 7) is 9.16. The van der Waals surface area contributed by atoms with Crippen molar-refractivity contribution in [2.24, 2.45) is 11.0 Å². The average Bonchev–Trinajstić information content (AvgIpc) is 2.47. The number of nitrogens with two attached hydrogens (primary N) is 1. The van der Waals surface area contributed by atoms with Crippen LogP contribution in [0.2, 0.25) is 0 Å². The minimum absolute atomic E-state index is 0.0229. The number of amides is 2. The number of anilines is 2. The molecule has 1 aliphatic heterocycles. The van der Waals surface area contributed by atoms with Crippen molar-refractivity contribution in [2.75, 3.05) is 11.1 Å². The summed E-state index contributed by atoms with van der Waals surface area (Å²) in [4.78, 5) is 23.2. The third-order valence-electron chi connectivity index (χ3n) is 3.71. The molecule has 0 saturated carbocycles. The lowest BCUT2D eigenvalue weighted by molar-refractivity contribution is -0.121. The van der Waals surface area contributed by atoms with Crippen LogP contribution >= 0.6 is 0 Å². The Hall–Kier alpha value is -2.77. The Morgan fingerprint density at radius 1 is 1.42 bits per heavy atom. The van der Waals surface area contributed by atoms with Crippen LogP contribution in [0.5, 0.6) is 0 Å². The standard InChI is InChI=1S/C18H27N5O3/c1-10-8-15(24)22-23-16(10)12-6-7-14(13(19)9-12)20-11(2)21-17(25)26-18(3,4)5/h6-7,9-11,20H,8,19H2,1-5H3,(H,21,25)(H,22,24). The second-order valence-electron chi connectivity index (χ2n) is 7.45. The average molecular weight is 361 g/mol. The summed E-state index contributed by atoms with van der Waals surface area (Å²) in [5, 5.41) is 9.97. The van der Waals surface area contributed by atoms with Gasteiger partial charge in [0.1, 0.15) is 5.60 Å². The minimum atomic E-state index is -0.558. The van der Waals surface area contributed by atoms with Gasteiger partial charge in [-0.05, 0) is 39.8 Å². The van der Waals surface area contributed by atoms with E-state index in [1.165, 1.54) is 0 Å². The summed E-state index contributed by atoms with van der Waals surface area (Å²) in [5.74, 6) is -0.0655. The quantitative estimate of drug-likeness (QED) is 0.485. The van der Waals surface area contributed by atoms with Gasteiger partial charge in [-0.2, -0.15) is 5.10 Å².